The second-order valence-electron chi connectivity index (χ2n) is 5.70. The van der Waals surface area contributed by atoms with Gasteiger partial charge in [0.05, 0.1) is 0 Å². The van der Waals surface area contributed by atoms with Crippen LogP contribution < -0.4 is 0 Å². The zero-order valence-corrected chi connectivity index (χ0v) is 12.6. The number of methoxy groups -OCH3 is 1. The smallest absolute Gasteiger partial charge is 0.0499 e. The number of hydrogen-bond acceptors (Lipinski definition) is 4. The summed E-state index contributed by atoms with van der Waals surface area (Å²) < 4.78 is 5.14. The van der Waals surface area contributed by atoms with E-state index in [1.807, 2.05) is 0 Å². The summed E-state index contributed by atoms with van der Waals surface area (Å²) in [5.41, 5.74) is 1.49. The molecule has 2 heterocycles. The highest BCUT2D eigenvalue weighted by molar-refractivity contribution is 7.07. The third-order valence-corrected chi connectivity index (χ3v) is 4.85. The minimum atomic E-state index is 0.0901. The lowest BCUT2D eigenvalue weighted by molar-refractivity contribution is 0.0159. The Hall–Kier alpha value is -0.420. The average molecular weight is 283 g/mol. The van der Waals surface area contributed by atoms with Crippen molar-refractivity contribution in [2.24, 2.45) is 5.41 Å². The second-order valence-corrected chi connectivity index (χ2v) is 6.48. The molecular formula is C15H25NO2S. The van der Waals surface area contributed by atoms with Crippen molar-refractivity contribution in [2.45, 2.75) is 32.2 Å². The number of rotatable bonds is 7. The summed E-state index contributed by atoms with van der Waals surface area (Å²) >= 11 is 1.76. The van der Waals surface area contributed by atoms with Gasteiger partial charge in [-0.3, -0.25) is 4.90 Å². The molecule has 0 aliphatic carbocycles. The molecule has 108 valence electrons. The van der Waals surface area contributed by atoms with Crippen molar-refractivity contribution in [3.63, 3.8) is 0 Å². The summed E-state index contributed by atoms with van der Waals surface area (Å²) in [6, 6.07) is 2.20. The number of ether oxygens (including phenoxy) is 1. The van der Waals surface area contributed by atoms with E-state index in [0.717, 1.165) is 45.5 Å². The summed E-state index contributed by atoms with van der Waals surface area (Å²) in [6.45, 7) is 4.30. The van der Waals surface area contributed by atoms with Crippen LogP contribution in [0, 0.1) is 5.41 Å². The molecule has 0 aromatic carbocycles. The normalized spacial score (nSPS) is 24.7. The molecule has 4 heteroatoms. The molecule has 0 unspecified atom stereocenters. The molecule has 1 aromatic rings. The topological polar surface area (TPSA) is 32.7 Å². The maximum atomic E-state index is 9.82. The number of aliphatic hydroxyl groups is 1. The van der Waals surface area contributed by atoms with E-state index in [1.165, 1.54) is 12.0 Å². The molecule has 1 N–H and O–H groups in total. The van der Waals surface area contributed by atoms with Gasteiger partial charge in [-0.2, -0.15) is 11.3 Å². The number of piperidine rings is 1. The van der Waals surface area contributed by atoms with Gasteiger partial charge in [-0.15, -0.1) is 0 Å². The quantitative estimate of drug-likeness (QED) is 0.781. The Bertz CT molecular complexity index is 355. The van der Waals surface area contributed by atoms with Crippen LogP contribution in [-0.2, 0) is 11.3 Å². The minimum absolute atomic E-state index is 0.0901. The van der Waals surface area contributed by atoms with Gasteiger partial charge in [-0.05, 0) is 54.6 Å². The highest BCUT2D eigenvalue weighted by Crippen LogP contribution is 2.34. The van der Waals surface area contributed by atoms with E-state index in [1.54, 1.807) is 18.4 Å². The Balaban J connectivity index is 1.89. The van der Waals surface area contributed by atoms with Gasteiger partial charge in [0, 0.05) is 38.8 Å². The molecule has 3 nitrogen and oxygen atoms in total. The van der Waals surface area contributed by atoms with Gasteiger partial charge in [0.1, 0.15) is 0 Å². The van der Waals surface area contributed by atoms with Gasteiger partial charge >= 0.3 is 0 Å². The van der Waals surface area contributed by atoms with Gasteiger partial charge in [0.25, 0.3) is 0 Å². The molecule has 19 heavy (non-hydrogen) atoms. The van der Waals surface area contributed by atoms with Crippen LogP contribution in [0.2, 0.25) is 0 Å². The van der Waals surface area contributed by atoms with Gasteiger partial charge in [0.2, 0.25) is 0 Å². The molecule has 1 fully saturated rings. The molecule has 0 amide bonds. The molecule has 0 bridgehead atoms. The van der Waals surface area contributed by atoms with Crippen molar-refractivity contribution in [3.8, 4) is 0 Å². The molecule has 1 saturated heterocycles. The van der Waals surface area contributed by atoms with E-state index in [-0.39, 0.29) is 5.41 Å². The lowest BCUT2D eigenvalue weighted by Crippen LogP contribution is -2.45. The van der Waals surface area contributed by atoms with Gasteiger partial charge in [-0.25, -0.2) is 0 Å². The first-order valence-corrected chi connectivity index (χ1v) is 8.05. The lowest BCUT2D eigenvalue weighted by Gasteiger charge is -2.42. The third kappa shape index (κ3) is 4.28. The van der Waals surface area contributed by atoms with E-state index in [2.05, 4.69) is 21.7 Å². The third-order valence-electron chi connectivity index (χ3n) is 4.12. The predicted molar refractivity (Wildman–Crippen MR) is 79.5 cm³/mol. The van der Waals surface area contributed by atoms with Gasteiger partial charge in [0.15, 0.2) is 0 Å². The Morgan fingerprint density at radius 3 is 3.11 bits per heavy atom. The van der Waals surface area contributed by atoms with Crippen LogP contribution in [0.4, 0.5) is 0 Å². The largest absolute Gasteiger partial charge is 0.396 e. The molecule has 1 aliphatic rings. The van der Waals surface area contributed by atoms with Crippen molar-refractivity contribution in [1.82, 2.24) is 4.90 Å². The van der Waals surface area contributed by atoms with Crippen LogP contribution in [0.3, 0.4) is 0 Å². The molecule has 0 radical (unpaired) electrons. The van der Waals surface area contributed by atoms with E-state index in [0.29, 0.717) is 6.61 Å². The van der Waals surface area contributed by atoms with Crippen LogP contribution in [0.5, 0.6) is 0 Å². The fourth-order valence-electron chi connectivity index (χ4n) is 3.09. The number of hydrogen-bond donors (Lipinski definition) is 1. The summed E-state index contributed by atoms with van der Waals surface area (Å²) in [6.07, 6.45) is 4.45. The molecule has 2 rings (SSSR count). The van der Waals surface area contributed by atoms with Crippen LogP contribution in [0.15, 0.2) is 16.8 Å². The zero-order valence-electron chi connectivity index (χ0n) is 11.8. The maximum Gasteiger partial charge on any atom is 0.0499 e. The number of aliphatic hydroxyl groups excluding tert-OH is 1. The van der Waals surface area contributed by atoms with Crippen molar-refractivity contribution in [3.05, 3.63) is 22.4 Å². The van der Waals surface area contributed by atoms with E-state index < -0.39 is 0 Å². The Labute approximate surface area is 120 Å². The molecule has 1 atom stereocenters. The Morgan fingerprint density at radius 1 is 1.53 bits per heavy atom. The van der Waals surface area contributed by atoms with Crippen LogP contribution >= 0.6 is 11.3 Å². The fraction of sp³-hybridized carbons (Fsp3) is 0.733. The maximum absolute atomic E-state index is 9.82. The highest BCUT2D eigenvalue weighted by atomic mass is 32.1. The van der Waals surface area contributed by atoms with E-state index >= 15 is 0 Å². The summed E-state index contributed by atoms with van der Waals surface area (Å²) in [4.78, 5) is 2.49. The Morgan fingerprint density at radius 2 is 2.42 bits per heavy atom. The zero-order chi connectivity index (χ0) is 13.6. The van der Waals surface area contributed by atoms with Crippen LogP contribution in [0.1, 0.15) is 31.2 Å². The summed E-state index contributed by atoms with van der Waals surface area (Å²) in [5.74, 6) is 0. The van der Waals surface area contributed by atoms with Crippen LogP contribution in [-0.4, -0.2) is 43.4 Å². The summed E-state index contributed by atoms with van der Waals surface area (Å²) in [7, 11) is 1.75. The molecule has 1 aliphatic heterocycles. The van der Waals surface area contributed by atoms with Crippen molar-refractivity contribution >= 4 is 11.3 Å². The van der Waals surface area contributed by atoms with E-state index in [9.17, 15) is 5.11 Å². The standard InChI is InChI=1S/C15H25NO2S/c1-18-8-3-6-15(13-17)5-2-7-16(12-15)10-14-4-9-19-11-14/h4,9,11,17H,2-3,5-8,10,12-13H2,1H3/t15-/m1/s1. The number of nitrogens with zero attached hydrogens (tertiary/aromatic N) is 1. The van der Waals surface area contributed by atoms with E-state index in [4.69, 9.17) is 4.74 Å². The monoisotopic (exact) mass is 283 g/mol. The molecule has 0 spiro atoms. The molecule has 1 aromatic heterocycles. The van der Waals surface area contributed by atoms with Gasteiger partial charge < -0.3 is 9.84 Å². The Kier molecular flexibility index (Phi) is 5.82. The lowest BCUT2D eigenvalue weighted by atomic mass is 9.77. The average Bonchev–Trinajstić information content (AvgIpc) is 2.92. The SMILES string of the molecule is COCCC[C@]1(CO)CCCN(Cc2ccsc2)C1. The first-order chi connectivity index (χ1) is 9.28. The summed E-state index contributed by atoms with van der Waals surface area (Å²) in [5, 5.41) is 14.2. The molecular weight excluding hydrogens is 258 g/mol. The number of thiophene rings is 1. The van der Waals surface area contributed by atoms with Crippen molar-refractivity contribution in [1.29, 1.82) is 0 Å². The minimum Gasteiger partial charge on any atom is -0.396 e. The first kappa shape index (κ1) is 15.0. The number of likely N-dealkylation sites (tertiary alicyclic amines) is 1. The molecule has 0 saturated carbocycles. The van der Waals surface area contributed by atoms with Crippen molar-refractivity contribution in [2.75, 3.05) is 33.4 Å². The van der Waals surface area contributed by atoms with Gasteiger partial charge in [-0.1, -0.05) is 0 Å². The second kappa shape index (κ2) is 7.39. The highest BCUT2D eigenvalue weighted by Gasteiger charge is 2.34. The first-order valence-electron chi connectivity index (χ1n) is 7.11. The van der Waals surface area contributed by atoms with Crippen molar-refractivity contribution < 1.29 is 9.84 Å². The fourth-order valence-corrected chi connectivity index (χ4v) is 3.75. The predicted octanol–water partition coefficient (Wildman–Crippen LogP) is 2.75. The van der Waals surface area contributed by atoms with Crippen LogP contribution in [0.25, 0.3) is 0 Å².